The summed E-state index contributed by atoms with van der Waals surface area (Å²) in [6, 6.07) is 9.12. The minimum absolute atomic E-state index is 0.0152. The number of aromatic hydroxyl groups is 1. The molecule has 1 aromatic heterocycles. The van der Waals surface area contributed by atoms with Crippen LogP contribution < -0.4 is 4.74 Å². The number of carbonyl (C=O) groups is 1. The average molecular weight is 391 g/mol. The van der Waals surface area contributed by atoms with Gasteiger partial charge in [-0.1, -0.05) is 6.07 Å². The maximum absolute atomic E-state index is 12.4. The Hall–Kier alpha value is -2.56. The van der Waals surface area contributed by atoms with Gasteiger partial charge in [-0.3, -0.25) is 9.78 Å². The van der Waals surface area contributed by atoms with Crippen molar-refractivity contribution in [2.24, 2.45) is 0 Å². The topological polar surface area (TPSA) is 150 Å². The summed E-state index contributed by atoms with van der Waals surface area (Å²) in [6.07, 6.45) is -5.57. The molecule has 150 valence electrons. The van der Waals surface area contributed by atoms with E-state index < -0.39 is 37.3 Å². The zero-order valence-corrected chi connectivity index (χ0v) is 14.8. The SMILES string of the molecule is O=C(Cc1ccccn1)c1ccc(O[C@@H]2O[C@@H](CO)[C@@H](O)[C@@H](O)[C@H]2O)cc1O. The van der Waals surface area contributed by atoms with E-state index in [1.54, 1.807) is 24.4 Å². The van der Waals surface area contributed by atoms with Gasteiger partial charge in [-0.15, -0.1) is 0 Å². The van der Waals surface area contributed by atoms with Crippen LogP contribution in [0.1, 0.15) is 16.1 Å². The number of Topliss-reactive ketones (excluding diaryl/α,β-unsaturated/α-hetero) is 1. The Kier molecular flexibility index (Phi) is 6.22. The molecule has 3 rings (SSSR count). The van der Waals surface area contributed by atoms with E-state index in [9.17, 15) is 30.3 Å². The average Bonchev–Trinajstić information content (AvgIpc) is 2.69. The van der Waals surface area contributed by atoms with Gasteiger partial charge < -0.3 is 35.0 Å². The summed E-state index contributed by atoms with van der Waals surface area (Å²) in [5, 5.41) is 48.9. The molecule has 2 heterocycles. The molecule has 9 heteroatoms. The number of aromatic nitrogens is 1. The van der Waals surface area contributed by atoms with E-state index in [0.717, 1.165) is 0 Å². The van der Waals surface area contributed by atoms with Gasteiger partial charge >= 0.3 is 0 Å². The fourth-order valence-corrected chi connectivity index (χ4v) is 2.88. The molecular weight excluding hydrogens is 370 g/mol. The van der Waals surface area contributed by atoms with Crippen molar-refractivity contribution in [3.63, 3.8) is 0 Å². The molecule has 0 saturated carbocycles. The minimum atomic E-state index is -1.58. The van der Waals surface area contributed by atoms with E-state index in [0.29, 0.717) is 5.69 Å². The summed E-state index contributed by atoms with van der Waals surface area (Å²) in [5.74, 6) is -0.602. The molecule has 0 bridgehead atoms. The van der Waals surface area contributed by atoms with Gasteiger partial charge in [0.1, 0.15) is 35.9 Å². The highest BCUT2D eigenvalue weighted by Gasteiger charge is 2.44. The smallest absolute Gasteiger partial charge is 0.229 e. The number of carbonyl (C=O) groups excluding carboxylic acids is 1. The van der Waals surface area contributed by atoms with Gasteiger partial charge in [-0.05, 0) is 24.3 Å². The number of rotatable bonds is 6. The number of ketones is 1. The number of aliphatic hydroxyl groups excluding tert-OH is 4. The third-order valence-corrected chi connectivity index (χ3v) is 4.44. The summed E-state index contributed by atoms with van der Waals surface area (Å²) < 4.78 is 10.7. The highest BCUT2D eigenvalue weighted by molar-refractivity contribution is 5.99. The predicted molar refractivity (Wildman–Crippen MR) is 94.8 cm³/mol. The van der Waals surface area contributed by atoms with Crippen LogP contribution in [0.5, 0.6) is 11.5 Å². The minimum Gasteiger partial charge on any atom is -0.507 e. The summed E-state index contributed by atoms with van der Waals surface area (Å²) in [7, 11) is 0. The second-order valence-corrected chi connectivity index (χ2v) is 6.42. The van der Waals surface area contributed by atoms with Crippen molar-refractivity contribution >= 4 is 5.78 Å². The van der Waals surface area contributed by atoms with E-state index in [2.05, 4.69) is 4.98 Å². The fourth-order valence-electron chi connectivity index (χ4n) is 2.88. The number of ether oxygens (including phenoxy) is 2. The molecule has 0 aliphatic carbocycles. The molecule has 1 aromatic carbocycles. The number of hydrogen-bond donors (Lipinski definition) is 5. The summed E-state index contributed by atoms with van der Waals surface area (Å²) >= 11 is 0. The van der Waals surface area contributed by atoms with Crippen LogP contribution in [0.15, 0.2) is 42.6 Å². The molecule has 1 aliphatic rings. The number of pyridine rings is 1. The first-order valence-electron chi connectivity index (χ1n) is 8.64. The standard InChI is InChI=1S/C19H21NO8/c21-9-15-16(24)17(25)18(26)19(28-15)27-11-4-5-12(14(23)8-11)13(22)7-10-3-1-2-6-20-10/h1-6,8,15-19,21,23-26H,7,9H2/t15-,16+,17+,18+,19+/m0/s1. The first-order valence-corrected chi connectivity index (χ1v) is 8.64. The van der Waals surface area contributed by atoms with Crippen molar-refractivity contribution in [2.45, 2.75) is 37.1 Å². The molecule has 28 heavy (non-hydrogen) atoms. The van der Waals surface area contributed by atoms with E-state index >= 15 is 0 Å². The van der Waals surface area contributed by atoms with Gasteiger partial charge in [-0.25, -0.2) is 0 Å². The second-order valence-electron chi connectivity index (χ2n) is 6.42. The number of hydrogen-bond acceptors (Lipinski definition) is 9. The quantitative estimate of drug-likeness (QED) is 0.406. The zero-order valence-electron chi connectivity index (χ0n) is 14.8. The number of aliphatic hydroxyl groups is 4. The highest BCUT2D eigenvalue weighted by Crippen LogP contribution is 2.28. The first-order chi connectivity index (χ1) is 13.4. The normalized spacial score (nSPS) is 27.4. The Balaban J connectivity index is 1.71. The van der Waals surface area contributed by atoms with Gasteiger partial charge in [0.25, 0.3) is 0 Å². The molecule has 5 atom stereocenters. The van der Waals surface area contributed by atoms with Gasteiger partial charge in [0.15, 0.2) is 5.78 Å². The van der Waals surface area contributed by atoms with Crippen molar-refractivity contribution in [3.8, 4) is 11.5 Å². The van der Waals surface area contributed by atoms with Gasteiger partial charge in [0.05, 0.1) is 18.6 Å². The maximum Gasteiger partial charge on any atom is 0.229 e. The van der Waals surface area contributed by atoms with E-state index in [-0.39, 0.29) is 29.3 Å². The molecule has 0 amide bonds. The number of benzene rings is 1. The largest absolute Gasteiger partial charge is 0.507 e. The Morgan fingerprint density at radius 3 is 2.54 bits per heavy atom. The predicted octanol–water partition coefficient (Wildman–Crippen LogP) is -0.609. The molecule has 1 fully saturated rings. The van der Waals surface area contributed by atoms with Crippen molar-refractivity contribution < 1.29 is 39.8 Å². The fraction of sp³-hybridized carbons (Fsp3) is 0.368. The van der Waals surface area contributed by atoms with Crippen LogP contribution in [0.3, 0.4) is 0 Å². The van der Waals surface area contributed by atoms with Crippen molar-refractivity contribution in [2.75, 3.05) is 6.61 Å². The third-order valence-electron chi connectivity index (χ3n) is 4.44. The maximum atomic E-state index is 12.4. The van der Waals surface area contributed by atoms with Crippen LogP contribution in [0.2, 0.25) is 0 Å². The Morgan fingerprint density at radius 2 is 1.89 bits per heavy atom. The van der Waals surface area contributed by atoms with Crippen molar-refractivity contribution in [1.82, 2.24) is 4.98 Å². The molecule has 9 nitrogen and oxygen atoms in total. The third kappa shape index (κ3) is 4.29. The monoisotopic (exact) mass is 391 g/mol. The van der Waals surface area contributed by atoms with E-state index in [4.69, 9.17) is 9.47 Å². The lowest BCUT2D eigenvalue weighted by Crippen LogP contribution is -2.60. The summed E-state index contributed by atoms with van der Waals surface area (Å²) in [5.41, 5.74) is 0.639. The van der Waals surface area contributed by atoms with Gasteiger partial charge in [-0.2, -0.15) is 0 Å². The van der Waals surface area contributed by atoms with Crippen LogP contribution in [-0.2, 0) is 11.2 Å². The van der Waals surface area contributed by atoms with Crippen LogP contribution >= 0.6 is 0 Å². The molecule has 0 spiro atoms. The molecule has 2 aromatic rings. The van der Waals surface area contributed by atoms with Crippen molar-refractivity contribution in [1.29, 1.82) is 0 Å². The Labute approximate surface area is 160 Å². The van der Waals surface area contributed by atoms with Crippen LogP contribution in [0, 0.1) is 0 Å². The second kappa shape index (κ2) is 8.63. The van der Waals surface area contributed by atoms with Crippen LogP contribution in [0.4, 0.5) is 0 Å². The molecule has 1 aliphatic heterocycles. The van der Waals surface area contributed by atoms with Gasteiger partial charge in [0.2, 0.25) is 6.29 Å². The lowest BCUT2D eigenvalue weighted by Gasteiger charge is -2.39. The summed E-state index contributed by atoms with van der Waals surface area (Å²) in [6.45, 7) is -0.586. The van der Waals surface area contributed by atoms with Crippen LogP contribution in [0.25, 0.3) is 0 Å². The molecule has 1 saturated heterocycles. The Bertz CT molecular complexity index is 813. The molecule has 0 unspecified atom stereocenters. The van der Waals surface area contributed by atoms with E-state index in [1.807, 2.05) is 0 Å². The lowest BCUT2D eigenvalue weighted by atomic mass is 9.99. The molecular formula is C19H21NO8. The molecule has 0 radical (unpaired) electrons. The zero-order chi connectivity index (χ0) is 20.3. The van der Waals surface area contributed by atoms with Crippen LogP contribution in [-0.4, -0.2) is 73.6 Å². The Morgan fingerprint density at radius 1 is 1.11 bits per heavy atom. The lowest BCUT2D eigenvalue weighted by molar-refractivity contribution is -0.277. The summed E-state index contributed by atoms with van der Waals surface area (Å²) in [4.78, 5) is 16.4. The van der Waals surface area contributed by atoms with Gasteiger partial charge in [0, 0.05) is 18.0 Å². The molecule has 5 N–H and O–H groups in total. The first kappa shape index (κ1) is 20.2. The number of phenolic OH excluding ortho intramolecular Hbond substituents is 1. The van der Waals surface area contributed by atoms with E-state index in [1.165, 1.54) is 18.2 Å². The van der Waals surface area contributed by atoms with Crippen molar-refractivity contribution in [3.05, 3.63) is 53.9 Å². The number of nitrogens with zero attached hydrogens (tertiary/aromatic N) is 1. The number of phenols is 1. The highest BCUT2D eigenvalue weighted by atomic mass is 16.7.